The van der Waals surface area contributed by atoms with E-state index in [9.17, 15) is 9.59 Å². The smallest absolute Gasteiger partial charge is 0.324 e. The Labute approximate surface area is 114 Å². The van der Waals surface area contributed by atoms with E-state index in [2.05, 4.69) is 10.6 Å². The van der Waals surface area contributed by atoms with Crippen molar-refractivity contribution in [2.75, 3.05) is 32.8 Å². The Kier molecular flexibility index (Phi) is 6.80. The Bertz CT molecular complexity index is 308. The average molecular weight is 271 g/mol. The second-order valence-corrected chi connectivity index (χ2v) is 4.98. The molecule has 0 spiro atoms. The number of ether oxygens (including phenoxy) is 1. The van der Waals surface area contributed by atoms with Crippen LogP contribution in [0.2, 0.25) is 0 Å². The van der Waals surface area contributed by atoms with Crippen molar-refractivity contribution in [3.8, 4) is 0 Å². The first kappa shape index (κ1) is 15.9. The normalized spacial score (nSPS) is 20.3. The van der Waals surface area contributed by atoms with Crippen LogP contribution in [0.15, 0.2) is 0 Å². The van der Waals surface area contributed by atoms with Crippen molar-refractivity contribution in [1.82, 2.24) is 15.5 Å². The standard InChI is InChI=1S/C13H25N3O3/c1-4-19-13(18)11-9-14-6-8-16(11)7-5-12(17)15-10(2)3/h10-11,14H,4-9H2,1-3H3,(H,15,17). The number of nitrogens with one attached hydrogen (secondary N) is 2. The molecule has 1 unspecified atom stereocenters. The lowest BCUT2D eigenvalue weighted by atomic mass is 10.1. The minimum Gasteiger partial charge on any atom is -0.465 e. The summed E-state index contributed by atoms with van der Waals surface area (Å²) in [5, 5.41) is 6.04. The van der Waals surface area contributed by atoms with Crippen LogP contribution < -0.4 is 10.6 Å². The van der Waals surface area contributed by atoms with Crippen LogP contribution in [0.4, 0.5) is 0 Å². The molecule has 0 aromatic carbocycles. The van der Waals surface area contributed by atoms with Gasteiger partial charge in [-0.25, -0.2) is 0 Å². The molecule has 19 heavy (non-hydrogen) atoms. The molecule has 1 aliphatic rings. The lowest BCUT2D eigenvalue weighted by Crippen LogP contribution is -2.56. The van der Waals surface area contributed by atoms with Gasteiger partial charge >= 0.3 is 5.97 Å². The summed E-state index contributed by atoms with van der Waals surface area (Å²) >= 11 is 0. The summed E-state index contributed by atoms with van der Waals surface area (Å²) in [6, 6.07) is -0.128. The van der Waals surface area contributed by atoms with Crippen LogP contribution in [-0.2, 0) is 14.3 Å². The van der Waals surface area contributed by atoms with Crippen LogP contribution in [0.1, 0.15) is 27.2 Å². The Morgan fingerprint density at radius 3 is 2.84 bits per heavy atom. The van der Waals surface area contributed by atoms with Gasteiger partial charge < -0.3 is 15.4 Å². The molecule has 0 bridgehead atoms. The minimum atomic E-state index is -0.277. The first-order valence-electron chi connectivity index (χ1n) is 6.95. The number of hydrogen-bond donors (Lipinski definition) is 2. The van der Waals surface area contributed by atoms with E-state index in [4.69, 9.17) is 4.74 Å². The van der Waals surface area contributed by atoms with Crippen molar-refractivity contribution >= 4 is 11.9 Å². The fourth-order valence-corrected chi connectivity index (χ4v) is 2.12. The molecule has 1 aliphatic heterocycles. The lowest BCUT2D eigenvalue weighted by Gasteiger charge is -2.34. The molecule has 2 N–H and O–H groups in total. The largest absolute Gasteiger partial charge is 0.465 e. The Hall–Kier alpha value is -1.14. The zero-order chi connectivity index (χ0) is 14.3. The van der Waals surface area contributed by atoms with Crippen molar-refractivity contribution < 1.29 is 14.3 Å². The summed E-state index contributed by atoms with van der Waals surface area (Å²) in [5.74, 6) is -0.185. The van der Waals surface area contributed by atoms with Gasteiger partial charge in [0.1, 0.15) is 6.04 Å². The number of carbonyl (C=O) groups excluding carboxylic acids is 2. The SMILES string of the molecule is CCOC(=O)C1CNCCN1CCC(=O)NC(C)C. The van der Waals surface area contributed by atoms with E-state index in [1.54, 1.807) is 6.92 Å². The highest BCUT2D eigenvalue weighted by atomic mass is 16.5. The molecule has 0 radical (unpaired) electrons. The topological polar surface area (TPSA) is 70.7 Å². The third-order valence-corrected chi connectivity index (χ3v) is 2.99. The Morgan fingerprint density at radius 1 is 1.47 bits per heavy atom. The summed E-state index contributed by atoms with van der Waals surface area (Å²) in [6.45, 7) is 8.83. The molecular weight excluding hydrogens is 246 g/mol. The Morgan fingerprint density at radius 2 is 2.21 bits per heavy atom. The van der Waals surface area contributed by atoms with E-state index < -0.39 is 0 Å². The van der Waals surface area contributed by atoms with Crippen molar-refractivity contribution in [3.63, 3.8) is 0 Å². The second-order valence-electron chi connectivity index (χ2n) is 4.98. The lowest BCUT2D eigenvalue weighted by molar-refractivity contribution is -0.150. The number of nitrogens with zero attached hydrogens (tertiary/aromatic N) is 1. The number of carbonyl (C=O) groups is 2. The van der Waals surface area contributed by atoms with E-state index in [0.717, 1.165) is 13.1 Å². The fourth-order valence-electron chi connectivity index (χ4n) is 2.12. The van der Waals surface area contributed by atoms with Crippen LogP contribution in [0, 0.1) is 0 Å². The maximum absolute atomic E-state index is 11.8. The predicted octanol–water partition coefficient (Wildman–Crippen LogP) is -0.262. The average Bonchev–Trinajstić information content (AvgIpc) is 2.36. The number of hydrogen-bond acceptors (Lipinski definition) is 5. The maximum atomic E-state index is 11.8. The van der Waals surface area contributed by atoms with E-state index in [1.807, 2.05) is 18.7 Å². The molecule has 1 rings (SSSR count). The zero-order valence-corrected chi connectivity index (χ0v) is 12.1. The van der Waals surface area contributed by atoms with E-state index >= 15 is 0 Å². The van der Waals surface area contributed by atoms with Gasteiger partial charge in [-0.3, -0.25) is 14.5 Å². The van der Waals surface area contributed by atoms with Crippen LogP contribution >= 0.6 is 0 Å². The zero-order valence-electron chi connectivity index (χ0n) is 12.1. The molecule has 6 heteroatoms. The van der Waals surface area contributed by atoms with Crippen LogP contribution in [0.5, 0.6) is 0 Å². The van der Waals surface area contributed by atoms with Crippen molar-refractivity contribution in [1.29, 1.82) is 0 Å². The Balaban J connectivity index is 2.44. The van der Waals surface area contributed by atoms with Gasteiger partial charge in [0, 0.05) is 38.6 Å². The van der Waals surface area contributed by atoms with Crippen LogP contribution in [0.25, 0.3) is 0 Å². The molecule has 0 aromatic rings. The molecule has 1 atom stereocenters. The molecule has 6 nitrogen and oxygen atoms in total. The number of amides is 1. The van der Waals surface area contributed by atoms with Crippen LogP contribution in [0.3, 0.4) is 0 Å². The van der Waals surface area contributed by atoms with Crippen molar-refractivity contribution in [3.05, 3.63) is 0 Å². The van der Waals surface area contributed by atoms with Crippen molar-refractivity contribution in [2.24, 2.45) is 0 Å². The summed E-state index contributed by atoms with van der Waals surface area (Å²) in [6.07, 6.45) is 0.411. The van der Waals surface area contributed by atoms with E-state index in [0.29, 0.717) is 26.1 Å². The molecule has 1 fully saturated rings. The molecule has 0 aliphatic carbocycles. The summed E-state index contributed by atoms with van der Waals surface area (Å²) < 4.78 is 5.06. The first-order chi connectivity index (χ1) is 9.04. The molecular formula is C13H25N3O3. The van der Waals surface area contributed by atoms with Gasteiger partial charge in [-0.05, 0) is 20.8 Å². The quantitative estimate of drug-likeness (QED) is 0.651. The fraction of sp³-hybridized carbons (Fsp3) is 0.846. The molecule has 1 amide bonds. The monoisotopic (exact) mass is 271 g/mol. The van der Waals surface area contributed by atoms with Gasteiger partial charge in [0.05, 0.1) is 6.61 Å². The minimum absolute atomic E-state index is 0.0242. The predicted molar refractivity (Wildman–Crippen MR) is 72.8 cm³/mol. The summed E-state index contributed by atoms with van der Waals surface area (Å²) in [5.41, 5.74) is 0. The van der Waals surface area contributed by atoms with Gasteiger partial charge in [-0.2, -0.15) is 0 Å². The van der Waals surface area contributed by atoms with Crippen molar-refractivity contribution in [2.45, 2.75) is 39.3 Å². The summed E-state index contributed by atoms with van der Waals surface area (Å²) in [4.78, 5) is 25.5. The molecule has 0 aromatic heterocycles. The highest BCUT2D eigenvalue weighted by Gasteiger charge is 2.29. The third-order valence-electron chi connectivity index (χ3n) is 2.99. The highest BCUT2D eigenvalue weighted by molar-refractivity contribution is 5.77. The molecule has 0 saturated carbocycles. The molecule has 1 heterocycles. The number of esters is 1. The van der Waals surface area contributed by atoms with E-state index in [1.165, 1.54) is 0 Å². The third kappa shape index (κ3) is 5.57. The highest BCUT2D eigenvalue weighted by Crippen LogP contribution is 2.06. The van der Waals surface area contributed by atoms with Gasteiger partial charge in [0.15, 0.2) is 0 Å². The summed E-state index contributed by atoms with van der Waals surface area (Å²) in [7, 11) is 0. The van der Waals surface area contributed by atoms with Gasteiger partial charge in [0.2, 0.25) is 5.91 Å². The number of piperazine rings is 1. The second kappa shape index (κ2) is 8.12. The maximum Gasteiger partial charge on any atom is 0.324 e. The number of rotatable bonds is 6. The first-order valence-corrected chi connectivity index (χ1v) is 6.95. The van der Waals surface area contributed by atoms with Gasteiger partial charge in [0.25, 0.3) is 0 Å². The van der Waals surface area contributed by atoms with Gasteiger partial charge in [-0.15, -0.1) is 0 Å². The van der Waals surface area contributed by atoms with Crippen LogP contribution in [-0.4, -0.2) is 61.6 Å². The molecule has 1 saturated heterocycles. The van der Waals surface area contributed by atoms with E-state index in [-0.39, 0.29) is 24.0 Å². The van der Waals surface area contributed by atoms with Gasteiger partial charge in [-0.1, -0.05) is 0 Å². The molecule has 110 valence electrons.